The van der Waals surface area contributed by atoms with E-state index >= 15 is 0 Å². The second-order valence-electron chi connectivity index (χ2n) is 8.01. The molecule has 2 N–H and O–H groups in total. The van der Waals surface area contributed by atoms with Crippen molar-refractivity contribution in [1.82, 2.24) is 15.5 Å². The van der Waals surface area contributed by atoms with Crippen LogP contribution in [0.15, 0.2) is 35.3 Å². The van der Waals surface area contributed by atoms with Gasteiger partial charge in [0.05, 0.1) is 12.7 Å². The van der Waals surface area contributed by atoms with Crippen LogP contribution in [0.25, 0.3) is 0 Å². The predicted molar refractivity (Wildman–Crippen MR) is 139 cm³/mol. The van der Waals surface area contributed by atoms with Gasteiger partial charge < -0.3 is 25.0 Å². The zero-order valence-corrected chi connectivity index (χ0v) is 21.3. The minimum absolute atomic E-state index is 0. The van der Waals surface area contributed by atoms with Crippen LogP contribution in [0, 0.1) is 0 Å². The van der Waals surface area contributed by atoms with Crippen molar-refractivity contribution in [2.75, 3.05) is 77.6 Å². The van der Waals surface area contributed by atoms with Gasteiger partial charge in [-0.25, -0.2) is 0 Å². The zero-order chi connectivity index (χ0) is 20.9. The number of piperazine rings is 1. The molecule has 0 aromatic heterocycles. The molecule has 7 nitrogen and oxygen atoms in total. The SMILES string of the molecule is CN=C(NCCCCN1CCN(c2ccccc2)CC1)NCCCOC1CCOC1.I. The van der Waals surface area contributed by atoms with Crippen molar-refractivity contribution in [1.29, 1.82) is 0 Å². The molecule has 0 amide bonds. The summed E-state index contributed by atoms with van der Waals surface area (Å²) in [6, 6.07) is 10.7. The molecule has 1 aromatic carbocycles. The lowest BCUT2D eigenvalue weighted by atomic mass is 10.2. The van der Waals surface area contributed by atoms with Crippen LogP contribution in [0.5, 0.6) is 0 Å². The molecule has 0 bridgehead atoms. The van der Waals surface area contributed by atoms with Crippen LogP contribution in [0.4, 0.5) is 5.69 Å². The fraction of sp³-hybridized carbons (Fsp3) is 0.696. The maximum Gasteiger partial charge on any atom is 0.190 e. The number of nitrogens with one attached hydrogen (secondary N) is 2. The van der Waals surface area contributed by atoms with E-state index in [9.17, 15) is 0 Å². The largest absolute Gasteiger partial charge is 0.379 e. The smallest absolute Gasteiger partial charge is 0.190 e. The Bertz CT molecular complexity index is 605. The van der Waals surface area contributed by atoms with Crippen molar-refractivity contribution in [3.05, 3.63) is 30.3 Å². The molecule has 1 unspecified atom stereocenters. The number of aliphatic imine (C=N–C) groups is 1. The summed E-state index contributed by atoms with van der Waals surface area (Å²) in [6.07, 6.45) is 4.67. The number of halogens is 1. The normalized spacial score (nSPS) is 19.8. The highest BCUT2D eigenvalue weighted by atomic mass is 127. The Morgan fingerprint density at radius 3 is 2.48 bits per heavy atom. The lowest BCUT2D eigenvalue weighted by Crippen LogP contribution is -2.46. The van der Waals surface area contributed by atoms with Gasteiger partial charge in [0.25, 0.3) is 0 Å². The average Bonchev–Trinajstić information content (AvgIpc) is 3.32. The Hall–Kier alpha value is -1.10. The highest BCUT2D eigenvalue weighted by Gasteiger charge is 2.16. The van der Waals surface area contributed by atoms with Crippen LogP contribution in [0.1, 0.15) is 25.7 Å². The molecular formula is C23H40IN5O2. The van der Waals surface area contributed by atoms with Gasteiger partial charge in [-0.05, 0) is 44.4 Å². The first-order valence-electron chi connectivity index (χ1n) is 11.5. The summed E-state index contributed by atoms with van der Waals surface area (Å²) in [5.74, 6) is 0.885. The average molecular weight is 546 g/mol. The minimum Gasteiger partial charge on any atom is -0.379 e. The van der Waals surface area contributed by atoms with Crippen molar-refractivity contribution in [2.24, 2.45) is 4.99 Å². The predicted octanol–water partition coefficient (Wildman–Crippen LogP) is 2.57. The first kappa shape index (κ1) is 26.2. The molecule has 2 aliphatic heterocycles. The van der Waals surface area contributed by atoms with E-state index in [4.69, 9.17) is 9.47 Å². The van der Waals surface area contributed by atoms with Gasteiger partial charge in [0.2, 0.25) is 0 Å². The Balaban J connectivity index is 0.00000341. The van der Waals surface area contributed by atoms with Crippen molar-refractivity contribution in [3.8, 4) is 0 Å². The van der Waals surface area contributed by atoms with E-state index < -0.39 is 0 Å². The molecule has 0 saturated carbocycles. The lowest BCUT2D eigenvalue weighted by molar-refractivity contribution is 0.0420. The Kier molecular flexibility index (Phi) is 13.2. The molecule has 1 aromatic rings. The third kappa shape index (κ3) is 9.93. The number of rotatable bonds is 11. The molecule has 0 spiro atoms. The van der Waals surface area contributed by atoms with Crippen LogP contribution < -0.4 is 15.5 Å². The summed E-state index contributed by atoms with van der Waals surface area (Å²) in [5, 5.41) is 6.79. The van der Waals surface area contributed by atoms with Crippen molar-refractivity contribution in [3.63, 3.8) is 0 Å². The van der Waals surface area contributed by atoms with E-state index in [1.54, 1.807) is 0 Å². The van der Waals surface area contributed by atoms with Gasteiger partial charge in [-0.15, -0.1) is 24.0 Å². The highest BCUT2D eigenvalue weighted by Crippen LogP contribution is 2.15. The van der Waals surface area contributed by atoms with Crippen LogP contribution >= 0.6 is 24.0 Å². The Morgan fingerprint density at radius 1 is 1.06 bits per heavy atom. The van der Waals surface area contributed by atoms with Gasteiger partial charge in [0, 0.05) is 65.2 Å². The quantitative estimate of drug-likeness (QED) is 0.193. The van der Waals surface area contributed by atoms with Crippen LogP contribution in [0.2, 0.25) is 0 Å². The topological polar surface area (TPSA) is 61.4 Å². The van der Waals surface area contributed by atoms with Crippen molar-refractivity contribution in [2.45, 2.75) is 31.8 Å². The number of guanidine groups is 1. The maximum absolute atomic E-state index is 5.79. The number of para-hydroxylation sites is 1. The summed E-state index contributed by atoms with van der Waals surface area (Å²) in [5.41, 5.74) is 1.35. The number of nitrogens with zero attached hydrogens (tertiary/aromatic N) is 3. The lowest BCUT2D eigenvalue weighted by Gasteiger charge is -2.36. The second-order valence-corrected chi connectivity index (χ2v) is 8.01. The summed E-state index contributed by atoms with van der Waals surface area (Å²) in [6.45, 7) is 9.92. The van der Waals surface area contributed by atoms with Gasteiger partial charge in [-0.2, -0.15) is 0 Å². The molecule has 2 aliphatic rings. The molecule has 2 fully saturated rings. The van der Waals surface area contributed by atoms with Gasteiger partial charge in [0.15, 0.2) is 5.96 Å². The monoisotopic (exact) mass is 545 g/mol. The zero-order valence-electron chi connectivity index (χ0n) is 18.9. The highest BCUT2D eigenvalue weighted by molar-refractivity contribution is 14.0. The Labute approximate surface area is 205 Å². The van der Waals surface area contributed by atoms with E-state index in [1.807, 2.05) is 7.05 Å². The van der Waals surface area contributed by atoms with Crippen LogP contribution in [-0.4, -0.2) is 89.6 Å². The fourth-order valence-corrected chi connectivity index (χ4v) is 3.93. The van der Waals surface area contributed by atoms with Crippen molar-refractivity contribution < 1.29 is 9.47 Å². The van der Waals surface area contributed by atoms with Crippen LogP contribution in [0.3, 0.4) is 0 Å². The number of hydrogen-bond donors (Lipinski definition) is 2. The van der Waals surface area contributed by atoms with Gasteiger partial charge in [0.1, 0.15) is 0 Å². The van der Waals surface area contributed by atoms with E-state index in [0.717, 1.165) is 84.3 Å². The third-order valence-electron chi connectivity index (χ3n) is 5.77. The molecule has 8 heteroatoms. The number of ether oxygens (including phenoxy) is 2. The van der Waals surface area contributed by atoms with E-state index in [0.29, 0.717) is 6.10 Å². The summed E-state index contributed by atoms with van der Waals surface area (Å²) < 4.78 is 11.1. The minimum atomic E-state index is 0. The standard InChI is InChI=1S/C23H39N5O2.HI/c1-24-23(26-12-7-18-30-22-10-19-29-20-22)25-11-5-6-13-27-14-16-28(17-15-27)21-8-3-2-4-9-21;/h2-4,8-9,22H,5-7,10-20H2,1H3,(H2,24,25,26);1H. The maximum atomic E-state index is 5.79. The second kappa shape index (κ2) is 15.7. The molecule has 2 saturated heterocycles. The van der Waals surface area contributed by atoms with E-state index in [-0.39, 0.29) is 24.0 Å². The molecule has 31 heavy (non-hydrogen) atoms. The Morgan fingerprint density at radius 2 is 1.81 bits per heavy atom. The number of unbranched alkanes of at least 4 members (excludes halogenated alkanes) is 1. The molecule has 1 atom stereocenters. The number of benzene rings is 1. The first-order valence-corrected chi connectivity index (χ1v) is 11.5. The molecule has 176 valence electrons. The molecule has 0 aliphatic carbocycles. The third-order valence-corrected chi connectivity index (χ3v) is 5.77. The summed E-state index contributed by atoms with van der Waals surface area (Å²) in [7, 11) is 1.83. The van der Waals surface area contributed by atoms with Gasteiger partial charge >= 0.3 is 0 Å². The summed E-state index contributed by atoms with van der Waals surface area (Å²) >= 11 is 0. The van der Waals surface area contributed by atoms with Gasteiger partial charge in [-0.3, -0.25) is 9.89 Å². The molecular weight excluding hydrogens is 505 g/mol. The number of anilines is 1. The van der Waals surface area contributed by atoms with E-state index in [2.05, 4.69) is 55.8 Å². The molecule has 2 heterocycles. The van der Waals surface area contributed by atoms with Crippen LogP contribution in [-0.2, 0) is 9.47 Å². The van der Waals surface area contributed by atoms with E-state index in [1.165, 1.54) is 18.7 Å². The summed E-state index contributed by atoms with van der Waals surface area (Å²) in [4.78, 5) is 9.38. The molecule has 0 radical (unpaired) electrons. The van der Waals surface area contributed by atoms with Gasteiger partial charge in [-0.1, -0.05) is 18.2 Å². The number of hydrogen-bond acceptors (Lipinski definition) is 5. The molecule has 3 rings (SSSR count). The fourth-order valence-electron chi connectivity index (χ4n) is 3.93. The first-order chi connectivity index (χ1) is 14.8. The van der Waals surface area contributed by atoms with Crippen molar-refractivity contribution >= 4 is 35.6 Å².